The molecule has 1 aliphatic rings. The molecule has 1 fully saturated rings. The molecule has 1 aliphatic carbocycles. The highest BCUT2D eigenvalue weighted by Gasteiger charge is 2.28. The van der Waals surface area contributed by atoms with Gasteiger partial charge in [0, 0.05) is 26.1 Å². The van der Waals surface area contributed by atoms with E-state index in [9.17, 15) is 4.79 Å². The van der Waals surface area contributed by atoms with Crippen LogP contribution < -0.4 is 0 Å². The van der Waals surface area contributed by atoms with Crippen LogP contribution in [0.5, 0.6) is 0 Å². The second kappa shape index (κ2) is 6.69. The third-order valence-electron chi connectivity index (χ3n) is 3.94. The van der Waals surface area contributed by atoms with Crippen molar-refractivity contribution < 1.29 is 9.53 Å². The molecule has 0 aliphatic heterocycles. The molecule has 2 atom stereocenters. The maximum absolute atomic E-state index is 11.9. The summed E-state index contributed by atoms with van der Waals surface area (Å²) in [7, 11) is 1.72. The number of hydrogen-bond donors (Lipinski definition) is 0. The molecular formula is C16H22O2. The van der Waals surface area contributed by atoms with Gasteiger partial charge in [-0.15, -0.1) is 0 Å². The summed E-state index contributed by atoms with van der Waals surface area (Å²) >= 11 is 0. The van der Waals surface area contributed by atoms with Gasteiger partial charge in [0.2, 0.25) is 0 Å². The van der Waals surface area contributed by atoms with Crippen molar-refractivity contribution in [3.05, 3.63) is 35.9 Å². The first kappa shape index (κ1) is 13.3. The van der Waals surface area contributed by atoms with E-state index in [1.54, 1.807) is 7.11 Å². The summed E-state index contributed by atoms with van der Waals surface area (Å²) in [5, 5.41) is 0. The summed E-state index contributed by atoms with van der Waals surface area (Å²) < 4.78 is 5.07. The molecular weight excluding hydrogens is 224 g/mol. The Morgan fingerprint density at radius 3 is 2.78 bits per heavy atom. The molecule has 18 heavy (non-hydrogen) atoms. The fourth-order valence-electron chi connectivity index (χ4n) is 2.89. The summed E-state index contributed by atoms with van der Waals surface area (Å²) in [5.41, 5.74) is 1.39. The minimum Gasteiger partial charge on any atom is -0.385 e. The summed E-state index contributed by atoms with van der Waals surface area (Å²) in [6.45, 7) is 0.764. The number of hydrogen-bond acceptors (Lipinski definition) is 2. The zero-order valence-electron chi connectivity index (χ0n) is 11.1. The van der Waals surface area contributed by atoms with Gasteiger partial charge in [0.15, 0.2) is 0 Å². The van der Waals surface area contributed by atoms with Crippen LogP contribution in [0.25, 0.3) is 0 Å². The Balaban J connectivity index is 1.94. The van der Waals surface area contributed by atoms with Crippen LogP contribution in [0.1, 0.15) is 43.6 Å². The van der Waals surface area contributed by atoms with Crippen molar-refractivity contribution in [2.75, 3.05) is 13.7 Å². The second-order valence-corrected chi connectivity index (χ2v) is 5.18. The maximum atomic E-state index is 11.9. The quantitative estimate of drug-likeness (QED) is 0.742. The molecule has 1 aromatic carbocycles. The molecule has 0 radical (unpaired) electrons. The van der Waals surface area contributed by atoms with Gasteiger partial charge >= 0.3 is 0 Å². The van der Waals surface area contributed by atoms with E-state index in [0.717, 1.165) is 38.7 Å². The van der Waals surface area contributed by atoms with Gasteiger partial charge < -0.3 is 4.74 Å². The van der Waals surface area contributed by atoms with E-state index in [1.807, 2.05) is 6.07 Å². The van der Waals surface area contributed by atoms with Crippen LogP contribution in [0.4, 0.5) is 0 Å². The molecule has 0 bridgehead atoms. The molecule has 0 amide bonds. The predicted octanol–water partition coefficient (Wildman–Crippen LogP) is 3.57. The molecule has 98 valence electrons. The van der Waals surface area contributed by atoms with E-state index in [1.165, 1.54) is 5.56 Å². The highest BCUT2D eigenvalue weighted by molar-refractivity contribution is 5.82. The van der Waals surface area contributed by atoms with Crippen molar-refractivity contribution in [2.45, 2.75) is 38.0 Å². The summed E-state index contributed by atoms with van der Waals surface area (Å²) in [6, 6.07) is 10.6. The van der Waals surface area contributed by atoms with Crippen molar-refractivity contribution in [3.8, 4) is 0 Å². The first-order valence-electron chi connectivity index (χ1n) is 6.88. The second-order valence-electron chi connectivity index (χ2n) is 5.18. The Bertz CT molecular complexity index is 372. The minimum absolute atomic E-state index is 0.249. The van der Waals surface area contributed by atoms with Crippen LogP contribution in [-0.4, -0.2) is 19.5 Å². The Hall–Kier alpha value is -1.15. The third kappa shape index (κ3) is 3.42. The number of benzene rings is 1. The van der Waals surface area contributed by atoms with E-state index < -0.39 is 0 Å². The molecule has 2 unspecified atom stereocenters. The highest BCUT2D eigenvalue weighted by atomic mass is 16.5. The fraction of sp³-hybridized carbons (Fsp3) is 0.562. The lowest BCUT2D eigenvalue weighted by Crippen LogP contribution is -2.24. The number of methoxy groups -OCH3 is 1. The molecule has 0 aromatic heterocycles. The van der Waals surface area contributed by atoms with Crippen LogP contribution in [0.2, 0.25) is 0 Å². The lowest BCUT2D eigenvalue weighted by Gasteiger charge is -2.28. The SMILES string of the molecule is COCCCC1CC(c2ccccc2)CCC1=O. The highest BCUT2D eigenvalue weighted by Crippen LogP contribution is 2.36. The van der Waals surface area contributed by atoms with Gasteiger partial charge in [-0.1, -0.05) is 30.3 Å². The predicted molar refractivity (Wildman–Crippen MR) is 72.6 cm³/mol. The number of rotatable bonds is 5. The number of ether oxygens (including phenoxy) is 1. The van der Waals surface area contributed by atoms with Gasteiger partial charge in [-0.3, -0.25) is 4.79 Å². The van der Waals surface area contributed by atoms with E-state index in [-0.39, 0.29) is 5.92 Å². The number of carbonyl (C=O) groups excluding carboxylic acids is 1. The van der Waals surface area contributed by atoms with Crippen LogP contribution >= 0.6 is 0 Å². The first-order chi connectivity index (χ1) is 8.81. The molecule has 0 saturated heterocycles. The van der Waals surface area contributed by atoms with Gasteiger partial charge in [0.25, 0.3) is 0 Å². The van der Waals surface area contributed by atoms with E-state index in [2.05, 4.69) is 24.3 Å². The maximum Gasteiger partial charge on any atom is 0.136 e. The lowest BCUT2D eigenvalue weighted by molar-refractivity contribution is -0.125. The summed E-state index contributed by atoms with van der Waals surface area (Å²) in [6.07, 6.45) is 4.76. The average Bonchev–Trinajstić information content (AvgIpc) is 2.42. The normalized spacial score (nSPS) is 24.2. The van der Waals surface area contributed by atoms with Gasteiger partial charge in [0.05, 0.1) is 0 Å². The molecule has 0 heterocycles. The zero-order chi connectivity index (χ0) is 12.8. The van der Waals surface area contributed by atoms with Gasteiger partial charge in [-0.25, -0.2) is 0 Å². The Labute approximate surface area is 109 Å². The molecule has 0 N–H and O–H groups in total. The fourth-order valence-corrected chi connectivity index (χ4v) is 2.89. The summed E-state index contributed by atoms with van der Waals surface area (Å²) in [4.78, 5) is 11.9. The molecule has 2 rings (SSSR count). The van der Waals surface area contributed by atoms with Crippen molar-refractivity contribution >= 4 is 5.78 Å². The van der Waals surface area contributed by atoms with Gasteiger partial charge in [-0.05, 0) is 37.2 Å². The van der Waals surface area contributed by atoms with E-state index in [4.69, 9.17) is 4.74 Å². The lowest BCUT2D eigenvalue weighted by atomic mass is 9.75. The monoisotopic (exact) mass is 246 g/mol. The number of carbonyl (C=O) groups is 1. The van der Waals surface area contributed by atoms with Crippen LogP contribution in [-0.2, 0) is 9.53 Å². The summed E-state index contributed by atoms with van der Waals surface area (Å²) in [5.74, 6) is 1.27. The van der Waals surface area contributed by atoms with Gasteiger partial charge in [-0.2, -0.15) is 0 Å². The van der Waals surface area contributed by atoms with Crippen LogP contribution in [0.15, 0.2) is 30.3 Å². The van der Waals surface area contributed by atoms with Crippen LogP contribution in [0.3, 0.4) is 0 Å². The van der Waals surface area contributed by atoms with Crippen molar-refractivity contribution in [3.63, 3.8) is 0 Å². The molecule has 1 saturated carbocycles. The molecule has 2 heteroatoms. The molecule has 2 nitrogen and oxygen atoms in total. The van der Waals surface area contributed by atoms with E-state index >= 15 is 0 Å². The van der Waals surface area contributed by atoms with Gasteiger partial charge in [0.1, 0.15) is 5.78 Å². The smallest absolute Gasteiger partial charge is 0.136 e. The number of ketones is 1. The Morgan fingerprint density at radius 1 is 1.28 bits per heavy atom. The third-order valence-corrected chi connectivity index (χ3v) is 3.94. The first-order valence-corrected chi connectivity index (χ1v) is 6.88. The van der Waals surface area contributed by atoms with Crippen LogP contribution in [0, 0.1) is 5.92 Å². The standard InChI is InChI=1S/C16H22O2/c1-18-11-5-8-15-12-14(9-10-16(15)17)13-6-3-2-4-7-13/h2-4,6-7,14-15H,5,8-12H2,1H3. The minimum atomic E-state index is 0.249. The van der Waals surface area contributed by atoms with Crippen molar-refractivity contribution in [2.24, 2.45) is 5.92 Å². The van der Waals surface area contributed by atoms with E-state index in [0.29, 0.717) is 11.7 Å². The van der Waals surface area contributed by atoms with Crippen molar-refractivity contribution in [1.29, 1.82) is 0 Å². The number of Topliss-reactive ketones (excluding diaryl/α,β-unsaturated/α-hetero) is 1. The largest absolute Gasteiger partial charge is 0.385 e. The average molecular weight is 246 g/mol. The molecule has 0 spiro atoms. The topological polar surface area (TPSA) is 26.3 Å². The Morgan fingerprint density at radius 2 is 2.06 bits per heavy atom. The molecule has 1 aromatic rings. The Kier molecular flexibility index (Phi) is 4.94. The zero-order valence-corrected chi connectivity index (χ0v) is 11.1. The van der Waals surface area contributed by atoms with Crippen molar-refractivity contribution in [1.82, 2.24) is 0 Å².